The molecule has 0 saturated heterocycles. The van der Waals surface area contributed by atoms with Gasteiger partial charge in [0.25, 0.3) is 0 Å². The van der Waals surface area contributed by atoms with Crippen molar-refractivity contribution in [2.45, 2.75) is 6.92 Å². The molecule has 42 valence electrons. The Bertz CT molecular complexity index is 16.3. The van der Waals surface area contributed by atoms with Crippen LogP contribution in [0.4, 0.5) is 0 Å². The molecule has 0 heterocycles. The van der Waals surface area contributed by atoms with Gasteiger partial charge >= 0.3 is 0 Å². The Hall–Kier alpha value is 0.537. The quantitative estimate of drug-likeness (QED) is 0.347. The van der Waals surface area contributed by atoms with Crippen molar-refractivity contribution in [1.29, 1.82) is 0 Å². The molecule has 0 saturated carbocycles. The van der Waals surface area contributed by atoms with Crippen molar-refractivity contribution >= 4 is 35.8 Å². The lowest BCUT2D eigenvalue weighted by Gasteiger charge is -1.31. The van der Waals surface area contributed by atoms with Gasteiger partial charge in [-0.1, -0.05) is 6.08 Å². The van der Waals surface area contributed by atoms with Crippen LogP contribution in [-0.4, -0.2) is 11.0 Å². The van der Waals surface area contributed by atoms with Gasteiger partial charge in [0, 0.05) is 0 Å². The summed E-state index contributed by atoms with van der Waals surface area (Å²) in [5.74, 6) is 0. The molecule has 0 aromatic carbocycles. The van der Waals surface area contributed by atoms with E-state index >= 15 is 0 Å². The van der Waals surface area contributed by atoms with Crippen LogP contribution < -0.4 is 0 Å². The average molecular weight is 147 g/mol. The van der Waals surface area contributed by atoms with Crippen LogP contribution in [0.25, 0.3) is 0 Å². The Kier molecular flexibility index (Phi) is 250. The SMILES string of the molecule is C=CC.Cl.Cl.[SiH4]. The molecule has 0 aromatic heterocycles. The summed E-state index contributed by atoms with van der Waals surface area (Å²) in [5, 5.41) is 0. The third kappa shape index (κ3) is 197. The first kappa shape index (κ1) is 31.1. The number of halogens is 2. The minimum Gasteiger partial charge on any atom is -0.147 e. The maximum atomic E-state index is 3.36. The van der Waals surface area contributed by atoms with Gasteiger partial charge in [0.2, 0.25) is 0 Å². The fourth-order valence-corrected chi connectivity index (χ4v) is 0. The van der Waals surface area contributed by atoms with Crippen molar-refractivity contribution in [3.63, 3.8) is 0 Å². The zero-order valence-corrected chi connectivity index (χ0v) is 4.73. The first-order valence-electron chi connectivity index (χ1n) is 0.986. The molecule has 0 unspecified atom stereocenters. The highest BCUT2D eigenvalue weighted by Crippen LogP contribution is 1.38. The molecule has 0 nitrogen and oxygen atoms in total. The van der Waals surface area contributed by atoms with Crippen LogP contribution in [-0.2, 0) is 0 Å². The molecule has 0 aliphatic rings. The molecule has 0 N–H and O–H groups in total. The summed E-state index contributed by atoms with van der Waals surface area (Å²) in [6, 6.07) is 0. The second kappa shape index (κ2) is 48.3. The minimum absolute atomic E-state index is 0. The minimum atomic E-state index is 0. The van der Waals surface area contributed by atoms with Gasteiger partial charge in [0.15, 0.2) is 0 Å². The van der Waals surface area contributed by atoms with E-state index < -0.39 is 0 Å². The van der Waals surface area contributed by atoms with Gasteiger partial charge < -0.3 is 0 Å². The molecule has 0 spiro atoms. The summed E-state index contributed by atoms with van der Waals surface area (Å²) >= 11 is 0. The van der Waals surface area contributed by atoms with Crippen LogP contribution in [0.15, 0.2) is 12.7 Å². The van der Waals surface area contributed by atoms with Crippen LogP contribution in [0.5, 0.6) is 0 Å². The summed E-state index contributed by atoms with van der Waals surface area (Å²) in [6.45, 7) is 5.25. The Morgan fingerprint density at radius 3 is 1.33 bits per heavy atom. The van der Waals surface area contributed by atoms with Gasteiger partial charge in [0.05, 0.1) is 0 Å². The topological polar surface area (TPSA) is 0 Å². The average Bonchev–Trinajstić information content (AvgIpc) is 0.918. The molecular weight excluding hydrogens is 135 g/mol. The largest absolute Gasteiger partial charge is 0.147 e. The van der Waals surface area contributed by atoms with E-state index in [4.69, 9.17) is 0 Å². The molecule has 0 aliphatic heterocycles. The summed E-state index contributed by atoms with van der Waals surface area (Å²) in [6.07, 6.45) is 1.75. The van der Waals surface area contributed by atoms with Crippen molar-refractivity contribution in [2.24, 2.45) is 0 Å². The fourth-order valence-electron chi connectivity index (χ4n) is 0. The zero-order valence-electron chi connectivity index (χ0n) is 3.10. The van der Waals surface area contributed by atoms with Gasteiger partial charge in [-0.05, 0) is 17.9 Å². The summed E-state index contributed by atoms with van der Waals surface area (Å²) in [5.41, 5.74) is 0. The number of hydrogen-bond acceptors (Lipinski definition) is 0. The van der Waals surface area contributed by atoms with Crippen LogP contribution in [0, 0.1) is 0 Å². The molecule has 0 fully saturated rings. The third-order valence-corrected chi connectivity index (χ3v) is 0. The van der Waals surface area contributed by atoms with Crippen LogP contribution >= 0.6 is 24.8 Å². The Balaban J connectivity index is -0.00000000667. The number of rotatable bonds is 0. The predicted molar refractivity (Wildman–Crippen MR) is 41.7 cm³/mol. The monoisotopic (exact) mass is 146 g/mol. The van der Waals surface area contributed by atoms with E-state index in [9.17, 15) is 0 Å². The van der Waals surface area contributed by atoms with Gasteiger partial charge in [-0.2, -0.15) is 0 Å². The lowest BCUT2D eigenvalue weighted by atomic mass is 10.8. The van der Waals surface area contributed by atoms with Crippen LogP contribution in [0.2, 0.25) is 0 Å². The first-order chi connectivity index (χ1) is 1.41. The van der Waals surface area contributed by atoms with E-state index in [1.54, 1.807) is 6.08 Å². The van der Waals surface area contributed by atoms with E-state index in [1.807, 2.05) is 6.92 Å². The van der Waals surface area contributed by atoms with Crippen molar-refractivity contribution in [3.05, 3.63) is 12.7 Å². The normalized spacial score (nSPS) is 2.17. The summed E-state index contributed by atoms with van der Waals surface area (Å²) < 4.78 is 0. The summed E-state index contributed by atoms with van der Waals surface area (Å²) in [4.78, 5) is 0. The van der Waals surface area contributed by atoms with Crippen molar-refractivity contribution < 1.29 is 0 Å². The second-order valence-electron chi connectivity index (χ2n) is 0.408. The Morgan fingerprint density at radius 1 is 1.33 bits per heavy atom. The molecule has 0 atom stereocenters. The lowest BCUT2D eigenvalue weighted by Crippen LogP contribution is -1.07. The smallest absolute Gasteiger partial charge is 0.0149 e. The third-order valence-electron chi connectivity index (χ3n) is 0. The lowest BCUT2D eigenvalue weighted by molar-refractivity contribution is 1.80. The van der Waals surface area contributed by atoms with Crippen LogP contribution in [0.3, 0.4) is 0 Å². The van der Waals surface area contributed by atoms with Crippen molar-refractivity contribution in [2.75, 3.05) is 0 Å². The van der Waals surface area contributed by atoms with Gasteiger partial charge in [-0.3, -0.25) is 0 Å². The molecule has 6 heavy (non-hydrogen) atoms. The van der Waals surface area contributed by atoms with Gasteiger partial charge in [-0.25, -0.2) is 0 Å². The molecule has 0 amide bonds. The highest BCUT2D eigenvalue weighted by molar-refractivity contribution is 5.85. The molecule has 0 radical (unpaired) electrons. The van der Waals surface area contributed by atoms with E-state index in [2.05, 4.69) is 6.58 Å². The predicted octanol–water partition coefficient (Wildman–Crippen LogP) is 0.584. The maximum Gasteiger partial charge on any atom is -0.0149 e. The molecule has 3 heteroatoms. The Morgan fingerprint density at radius 2 is 1.33 bits per heavy atom. The van der Waals surface area contributed by atoms with Crippen molar-refractivity contribution in [3.8, 4) is 0 Å². The van der Waals surface area contributed by atoms with Crippen LogP contribution in [0.1, 0.15) is 6.92 Å². The highest BCUT2D eigenvalue weighted by atomic mass is 35.5. The van der Waals surface area contributed by atoms with E-state index in [1.165, 1.54) is 0 Å². The molecule has 0 rings (SSSR count). The molecule has 0 bridgehead atoms. The standard InChI is InChI=1S/C3H6.2ClH.H4Si/c1-3-2;;;/h3H,1H2,2H3;2*1H;1H4. The maximum absolute atomic E-state index is 3.36. The number of allylic oxidation sites excluding steroid dienone is 1. The second-order valence-corrected chi connectivity index (χ2v) is 0.408. The molecule has 0 aromatic rings. The van der Waals surface area contributed by atoms with E-state index in [0.717, 1.165) is 0 Å². The molecular formula is C3H12Cl2Si. The van der Waals surface area contributed by atoms with Gasteiger partial charge in [0.1, 0.15) is 0 Å². The Labute approximate surface area is 55.9 Å². The summed E-state index contributed by atoms with van der Waals surface area (Å²) in [7, 11) is 0. The number of hydrogen-bond donors (Lipinski definition) is 0. The van der Waals surface area contributed by atoms with E-state index in [-0.39, 0.29) is 35.8 Å². The van der Waals surface area contributed by atoms with Crippen molar-refractivity contribution in [1.82, 2.24) is 0 Å². The first-order valence-corrected chi connectivity index (χ1v) is 0.986. The zero-order chi connectivity index (χ0) is 2.71. The molecule has 0 aliphatic carbocycles. The van der Waals surface area contributed by atoms with E-state index in [0.29, 0.717) is 0 Å². The van der Waals surface area contributed by atoms with Gasteiger partial charge in [-0.15, -0.1) is 31.4 Å². The highest BCUT2D eigenvalue weighted by Gasteiger charge is 1.15. The fraction of sp³-hybridized carbons (Fsp3) is 0.333.